The van der Waals surface area contributed by atoms with Crippen LogP contribution in [0.5, 0.6) is 0 Å². The Morgan fingerprint density at radius 2 is 2.00 bits per heavy atom. The van der Waals surface area contributed by atoms with Gasteiger partial charge in [0.2, 0.25) is 0 Å². The van der Waals surface area contributed by atoms with Gasteiger partial charge in [0.15, 0.2) is 4.67 Å². The topological polar surface area (TPSA) is 25.2 Å². The molecular formula is C10H13BrF3NO. The predicted molar refractivity (Wildman–Crippen MR) is 58.0 cm³/mol. The zero-order valence-corrected chi connectivity index (χ0v) is 10.2. The van der Waals surface area contributed by atoms with Crippen molar-refractivity contribution in [3.05, 3.63) is 22.6 Å². The van der Waals surface area contributed by atoms with Gasteiger partial charge in [0.05, 0.1) is 6.54 Å². The Balaban J connectivity index is 2.00. The maximum absolute atomic E-state index is 11.8. The number of rotatable bonds is 6. The van der Waals surface area contributed by atoms with E-state index in [9.17, 15) is 13.2 Å². The van der Waals surface area contributed by atoms with Crippen LogP contribution in [-0.4, -0.2) is 12.7 Å². The first kappa shape index (κ1) is 13.6. The zero-order chi connectivity index (χ0) is 12.0. The monoisotopic (exact) mass is 299 g/mol. The summed E-state index contributed by atoms with van der Waals surface area (Å²) in [5.74, 6) is 0.766. The molecule has 92 valence electrons. The van der Waals surface area contributed by atoms with Crippen molar-refractivity contribution >= 4 is 15.9 Å². The minimum absolute atomic E-state index is 0.165. The van der Waals surface area contributed by atoms with Gasteiger partial charge in [-0.3, -0.25) is 0 Å². The SMILES string of the molecule is FC(F)(F)CCCCNCc1ccc(Br)o1. The molecule has 0 saturated carbocycles. The van der Waals surface area contributed by atoms with E-state index >= 15 is 0 Å². The van der Waals surface area contributed by atoms with Crippen molar-refractivity contribution in [3.8, 4) is 0 Å². The highest BCUT2D eigenvalue weighted by Gasteiger charge is 2.25. The normalized spacial score (nSPS) is 12.0. The van der Waals surface area contributed by atoms with Crippen molar-refractivity contribution in [2.24, 2.45) is 0 Å². The van der Waals surface area contributed by atoms with Crippen molar-refractivity contribution in [2.75, 3.05) is 6.54 Å². The molecule has 0 atom stereocenters. The van der Waals surface area contributed by atoms with Crippen molar-refractivity contribution < 1.29 is 17.6 Å². The molecule has 1 rings (SSSR count). The highest BCUT2D eigenvalue weighted by atomic mass is 79.9. The van der Waals surface area contributed by atoms with E-state index in [0.717, 1.165) is 5.76 Å². The second-order valence-corrected chi connectivity index (χ2v) is 4.24. The van der Waals surface area contributed by atoms with Gasteiger partial charge in [-0.25, -0.2) is 0 Å². The standard InChI is InChI=1S/C10H13BrF3NO/c11-9-4-3-8(16-9)7-15-6-2-1-5-10(12,13)14/h3-4,15H,1-2,5-7H2. The molecule has 2 nitrogen and oxygen atoms in total. The molecule has 0 spiro atoms. The van der Waals surface area contributed by atoms with Crippen molar-refractivity contribution in [2.45, 2.75) is 32.0 Å². The lowest BCUT2D eigenvalue weighted by molar-refractivity contribution is -0.135. The van der Waals surface area contributed by atoms with Gasteiger partial charge in [0, 0.05) is 6.42 Å². The molecule has 0 amide bonds. The molecule has 0 saturated heterocycles. The van der Waals surface area contributed by atoms with Crippen molar-refractivity contribution in [1.29, 1.82) is 0 Å². The highest BCUT2D eigenvalue weighted by molar-refractivity contribution is 9.10. The van der Waals surface area contributed by atoms with E-state index in [4.69, 9.17) is 4.42 Å². The average molecular weight is 300 g/mol. The third-order valence-electron chi connectivity index (χ3n) is 1.99. The molecule has 0 bridgehead atoms. The molecule has 1 heterocycles. The Morgan fingerprint density at radius 1 is 1.25 bits per heavy atom. The van der Waals surface area contributed by atoms with Gasteiger partial charge in [-0.1, -0.05) is 0 Å². The van der Waals surface area contributed by atoms with Crippen LogP contribution >= 0.6 is 15.9 Å². The number of hydrogen-bond acceptors (Lipinski definition) is 2. The summed E-state index contributed by atoms with van der Waals surface area (Å²) >= 11 is 3.17. The zero-order valence-electron chi connectivity index (χ0n) is 8.61. The lowest BCUT2D eigenvalue weighted by Crippen LogP contribution is -2.15. The lowest BCUT2D eigenvalue weighted by Gasteiger charge is -2.06. The molecular weight excluding hydrogens is 287 g/mol. The van der Waals surface area contributed by atoms with Gasteiger partial charge in [0.25, 0.3) is 0 Å². The van der Waals surface area contributed by atoms with Crippen LogP contribution in [0, 0.1) is 0 Å². The van der Waals surface area contributed by atoms with Crippen LogP contribution in [0.15, 0.2) is 21.2 Å². The molecule has 0 aliphatic heterocycles. The quantitative estimate of drug-likeness (QED) is 0.807. The van der Waals surface area contributed by atoms with E-state index in [2.05, 4.69) is 21.2 Å². The number of furan rings is 1. The van der Waals surface area contributed by atoms with Gasteiger partial charge in [0.1, 0.15) is 5.76 Å². The second kappa shape index (κ2) is 6.30. The smallest absolute Gasteiger partial charge is 0.389 e. The van der Waals surface area contributed by atoms with Gasteiger partial charge in [-0.2, -0.15) is 13.2 Å². The lowest BCUT2D eigenvalue weighted by atomic mass is 10.2. The molecule has 0 aliphatic carbocycles. The fraction of sp³-hybridized carbons (Fsp3) is 0.600. The van der Waals surface area contributed by atoms with Crippen molar-refractivity contribution in [3.63, 3.8) is 0 Å². The van der Waals surface area contributed by atoms with Crippen LogP contribution in [0.1, 0.15) is 25.0 Å². The second-order valence-electron chi connectivity index (χ2n) is 3.45. The van der Waals surface area contributed by atoms with E-state index in [0.29, 0.717) is 24.2 Å². The van der Waals surface area contributed by atoms with Crippen LogP contribution in [0.3, 0.4) is 0 Å². The third kappa shape index (κ3) is 6.17. The maximum Gasteiger partial charge on any atom is 0.389 e. The molecule has 0 unspecified atom stereocenters. The molecule has 0 radical (unpaired) electrons. The Hall–Kier alpha value is -0.490. The molecule has 6 heteroatoms. The summed E-state index contributed by atoms with van der Waals surface area (Å²) in [6.07, 6.45) is -4.06. The molecule has 1 aromatic rings. The molecule has 0 aromatic carbocycles. The number of alkyl halides is 3. The van der Waals surface area contributed by atoms with Gasteiger partial charge in [-0.05, 0) is 47.4 Å². The Labute approximate surface area is 100 Å². The summed E-state index contributed by atoms with van der Waals surface area (Å²) in [7, 11) is 0. The minimum Gasteiger partial charge on any atom is -0.453 e. The fourth-order valence-electron chi connectivity index (χ4n) is 1.23. The summed E-state index contributed by atoms with van der Waals surface area (Å²) in [4.78, 5) is 0. The van der Waals surface area contributed by atoms with Crippen LogP contribution in [0.25, 0.3) is 0 Å². The summed E-state index contributed by atoms with van der Waals surface area (Å²) in [5.41, 5.74) is 0. The number of halogens is 4. The molecule has 1 N–H and O–H groups in total. The van der Waals surface area contributed by atoms with E-state index in [1.165, 1.54) is 0 Å². The largest absolute Gasteiger partial charge is 0.453 e. The van der Waals surface area contributed by atoms with Crippen LogP contribution in [0.4, 0.5) is 13.2 Å². The summed E-state index contributed by atoms with van der Waals surface area (Å²) in [5, 5.41) is 3.02. The van der Waals surface area contributed by atoms with Gasteiger partial charge < -0.3 is 9.73 Å². The number of hydrogen-bond donors (Lipinski definition) is 1. The van der Waals surface area contributed by atoms with Crippen LogP contribution < -0.4 is 5.32 Å². The summed E-state index contributed by atoms with van der Waals surface area (Å²) in [6, 6.07) is 3.59. The molecule has 0 fully saturated rings. The molecule has 1 aromatic heterocycles. The van der Waals surface area contributed by atoms with E-state index in [-0.39, 0.29) is 6.42 Å². The minimum atomic E-state index is -4.04. The highest BCUT2D eigenvalue weighted by Crippen LogP contribution is 2.21. The van der Waals surface area contributed by atoms with E-state index in [1.807, 2.05) is 6.07 Å². The van der Waals surface area contributed by atoms with Crippen LogP contribution in [-0.2, 0) is 6.54 Å². The number of unbranched alkanes of at least 4 members (excludes halogenated alkanes) is 1. The van der Waals surface area contributed by atoms with E-state index in [1.54, 1.807) is 6.07 Å². The first-order valence-corrected chi connectivity index (χ1v) is 5.78. The average Bonchev–Trinajstić information content (AvgIpc) is 2.56. The first-order chi connectivity index (χ1) is 7.47. The summed E-state index contributed by atoms with van der Waals surface area (Å²) in [6.45, 7) is 1.10. The van der Waals surface area contributed by atoms with E-state index < -0.39 is 12.6 Å². The van der Waals surface area contributed by atoms with Gasteiger partial charge >= 0.3 is 6.18 Å². The predicted octanol–water partition coefficient (Wildman–Crippen LogP) is 3.86. The first-order valence-electron chi connectivity index (χ1n) is 4.99. The molecule has 0 aliphatic rings. The number of nitrogens with one attached hydrogen (secondary N) is 1. The molecule has 16 heavy (non-hydrogen) atoms. The Bertz CT molecular complexity index is 311. The van der Waals surface area contributed by atoms with Crippen LogP contribution in [0.2, 0.25) is 0 Å². The fourth-order valence-corrected chi connectivity index (χ4v) is 1.57. The maximum atomic E-state index is 11.8. The van der Waals surface area contributed by atoms with Crippen molar-refractivity contribution in [1.82, 2.24) is 5.32 Å². The summed E-state index contributed by atoms with van der Waals surface area (Å²) < 4.78 is 41.2. The Morgan fingerprint density at radius 3 is 2.56 bits per heavy atom. The van der Waals surface area contributed by atoms with Gasteiger partial charge in [-0.15, -0.1) is 0 Å². The third-order valence-corrected chi connectivity index (χ3v) is 2.42. The Kier molecular flexibility index (Phi) is 5.34.